The maximum absolute atomic E-state index is 12.8. The molecular formula is C18H24ClN3O3. The summed E-state index contributed by atoms with van der Waals surface area (Å²) < 4.78 is 6.27. The number of piperazine rings is 1. The van der Waals surface area contributed by atoms with E-state index in [1.807, 2.05) is 4.90 Å². The first-order chi connectivity index (χ1) is 12.2. The third kappa shape index (κ3) is 3.76. The highest BCUT2D eigenvalue weighted by atomic mass is 35.5. The van der Waals surface area contributed by atoms with E-state index in [1.54, 1.807) is 18.3 Å². The van der Waals surface area contributed by atoms with Crippen LogP contribution in [-0.2, 0) is 4.79 Å². The number of nitrogens with one attached hydrogen (secondary N) is 1. The number of aliphatic hydroxyl groups excluding tert-OH is 1. The Kier molecular flexibility index (Phi) is 4.84. The highest BCUT2D eigenvalue weighted by Gasteiger charge is 2.50. The Balaban J connectivity index is 1.62. The van der Waals surface area contributed by atoms with Gasteiger partial charge in [0.25, 0.3) is 0 Å². The molecule has 1 aromatic heterocycles. The molecule has 0 radical (unpaired) electrons. The van der Waals surface area contributed by atoms with Gasteiger partial charge in [-0.05, 0) is 43.6 Å². The zero-order valence-electron chi connectivity index (χ0n) is 14.1. The molecule has 2 saturated carbocycles. The minimum atomic E-state index is -0.371. The molecule has 25 heavy (non-hydrogen) atoms. The van der Waals surface area contributed by atoms with Crippen LogP contribution < -0.4 is 10.1 Å². The largest absolute Gasteiger partial charge is 0.469 e. The van der Waals surface area contributed by atoms with Crippen molar-refractivity contribution in [2.45, 2.75) is 50.4 Å². The number of ether oxygens (including phenoxy) is 1. The minimum absolute atomic E-state index is 0.0308. The van der Waals surface area contributed by atoms with Crippen LogP contribution in [0.25, 0.3) is 0 Å². The van der Waals surface area contributed by atoms with Crippen LogP contribution in [0.4, 0.5) is 0 Å². The monoisotopic (exact) mass is 365 g/mol. The van der Waals surface area contributed by atoms with Gasteiger partial charge in [-0.15, -0.1) is 0 Å². The van der Waals surface area contributed by atoms with Crippen LogP contribution in [0.15, 0.2) is 18.3 Å². The maximum atomic E-state index is 12.8. The van der Waals surface area contributed by atoms with Crippen molar-refractivity contribution in [2.75, 3.05) is 13.2 Å². The Bertz CT molecular complexity index is 636. The molecule has 2 heterocycles. The van der Waals surface area contributed by atoms with Crippen LogP contribution >= 0.6 is 11.6 Å². The van der Waals surface area contributed by atoms with Crippen molar-refractivity contribution in [3.63, 3.8) is 0 Å². The summed E-state index contributed by atoms with van der Waals surface area (Å²) in [4.78, 5) is 18.7. The standard InChI is InChI=1S/C18H24ClN3O3/c19-15-9-13(5-7-20-15)25-18-17(12-3-4-12)21-10-14(11-1-2-11)22(18)16(24)6-8-23/h5,7,9,11-12,14,17-18,21,23H,1-4,6,8,10H2. The summed E-state index contributed by atoms with van der Waals surface area (Å²) >= 11 is 5.99. The Hall–Kier alpha value is -1.37. The second-order valence-corrected chi connectivity index (χ2v) is 7.66. The number of rotatable bonds is 6. The van der Waals surface area contributed by atoms with Crippen molar-refractivity contribution in [1.29, 1.82) is 0 Å². The van der Waals surface area contributed by atoms with E-state index in [9.17, 15) is 9.90 Å². The molecule has 0 spiro atoms. The number of carbonyl (C=O) groups is 1. The van der Waals surface area contributed by atoms with E-state index in [0.29, 0.717) is 22.7 Å². The van der Waals surface area contributed by atoms with E-state index in [-0.39, 0.29) is 37.2 Å². The lowest BCUT2D eigenvalue weighted by atomic mass is 9.99. The lowest BCUT2D eigenvalue weighted by Crippen LogP contribution is -2.67. The Morgan fingerprint density at radius 3 is 2.76 bits per heavy atom. The molecule has 3 unspecified atom stereocenters. The van der Waals surface area contributed by atoms with Gasteiger partial charge < -0.3 is 20.1 Å². The summed E-state index contributed by atoms with van der Waals surface area (Å²) in [6, 6.07) is 3.70. The SMILES string of the molecule is O=C(CCO)N1C(C2CC2)CNC(C2CC2)C1Oc1ccnc(Cl)c1. The highest BCUT2D eigenvalue weighted by Crippen LogP contribution is 2.42. The van der Waals surface area contributed by atoms with E-state index in [1.165, 1.54) is 0 Å². The smallest absolute Gasteiger partial charge is 0.228 e. The Labute approximate surface area is 152 Å². The number of halogens is 1. The first kappa shape index (κ1) is 17.1. The zero-order chi connectivity index (χ0) is 17.4. The fourth-order valence-electron chi connectivity index (χ4n) is 3.83. The lowest BCUT2D eigenvalue weighted by molar-refractivity contribution is -0.152. The summed E-state index contributed by atoms with van der Waals surface area (Å²) in [5, 5.41) is 13.3. The Morgan fingerprint density at radius 2 is 2.12 bits per heavy atom. The number of amides is 1. The van der Waals surface area contributed by atoms with E-state index in [0.717, 1.165) is 32.2 Å². The molecule has 0 aromatic carbocycles. The molecule has 2 N–H and O–H groups in total. The van der Waals surface area contributed by atoms with Crippen molar-refractivity contribution in [3.8, 4) is 5.75 Å². The highest BCUT2D eigenvalue weighted by molar-refractivity contribution is 6.29. The number of carbonyl (C=O) groups excluding carboxylic acids is 1. The molecule has 6 nitrogen and oxygen atoms in total. The molecule has 0 bridgehead atoms. The fraction of sp³-hybridized carbons (Fsp3) is 0.667. The molecule has 1 aromatic rings. The van der Waals surface area contributed by atoms with E-state index >= 15 is 0 Å². The molecular weight excluding hydrogens is 342 g/mol. The van der Waals surface area contributed by atoms with Crippen molar-refractivity contribution in [2.24, 2.45) is 11.8 Å². The molecule has 2 aliphatic carbocycles. The van der Waals surface area contributed by atoms with Crippen molar-refractivity contribution < 1.29 is 14.6 Å². The molecule has 1 amide bonds. The van der Waals surface area contributed by atoms with Gasteiger partial charge in [0.2, 0.25) is 5.91 Å². The third-order valence-corrected chi connectivity index (χ3v) is 5.57. The Morgan fingerprint density at radius 1 is 1.36 bits per heavy atom. The van der Waals surface area contributed by atoms with Crippen LogP contribution in [0, 0.1) is 11.8 Å². The number of aliphatic hydroxyl groups is 1. The molecule has 3 atom stereocenters. The lowest BCUT2D eigenvalue weighted by Gasteiger charge is -2.47. The fourth-order valence-corrected chi connectivity index (χ4v) is 3.99. The molecule has 136 valence electrons. The molecule has 3 aliphatic rings. The molecule has 4 rings (SSSR count). The predicted molar refractivity (Wildman–Crippen MR) is 93.2 cm³/mol. The molecule has 7 heteroatoms. The van der Waals surface area contributed by atoms with Crippen molar-refractivity contribution >= 4 is 17.5 Å². The summed E-state index contributed by atoms with van der Waals surface area (Å²) in [6.45, 7) is 0.669. The van der Waals surface area contributed by atoms with Gasteiger partial charge in [0, 0.05) is 18.8 Å². The number of hydrogen-bond donors (Lipinski definition) is 2. The quantitative estimate of drug-likeness (QED) is 0.752. The van der Waals surface area contributed by atoms with Crippen molar-refractivity contribution in [1.82, 2.24) is 15.2 Å². The summed E-state index contributed by atoms with van der Waals surface area (Å²) in [5.41, 5.74) is 0. The van der Waals surface area contributed by atoms with Crippen LogP contribution in [0.5, 0.6) is 5.75 Å². The zero-order valence-corrected chi connectivity index (χ0v) is 14.9. The van der Waals surface area contributed by atoms with Gasteiger partial charge in [-0.25, -0.2) is 4.98 Å². The number of pyridine rings is 1. The summed E-state index contributed by atoms with van der Waals surface area (Å²) in [5.74, 6) is 1.65. The number of nitrogens with zero attached hydrogens (tertiary/aromatic N) is 2. The molecule has 3 fully saturated rings. The van der Waals surface area contributed by atoms with Crippen LogP contribution in [0.1, 0.15) is 32.1 Å². The van der Waals surface area contributed by atoms with Gasteiger partial charge in [-0.1, -0.05) is 11.6 Å². The van der Waals surface area contributed by atoms with Gasteiger partial charge >= 0.3 is 0 Å². The van der Waals surface area contributed by atoms with Crippen LogP contribution in [0.2, 0.25) is 5.15 Å². The second-order valence-electron chi connectivity index (χ2n) is 7.27. The predicted octanol–water partition coefficient (Wildman–Crippen LogP) is 1.81. The van der Waals surface area contributed by atoms with E-state index in [4.69, 9.17) is 16.3 Å². The van der Waals surface area contributed by atoms with E-state index in [2.05, 4.69) is 10.3 Å². The normalized spacial score (nSPS) is 29.5. The number of hydrogen-bond acceptors (Lipinski definition) is 5. The van der Waals surface area contributed by atoms with Gasteiger partial charge in [0.05, 0.1) is 25.1 Å². The summed E-state index contributed by atoms with van der Waals surface area (Å²) in [6.07, 6.45) is 5.99. The maximum Gasteiger partial charge on any atom is 0.228 e. The molecule has 1 aliphatic heterocycles. The average Bonchev–Trinajstić information content (AvgIpc) is 3.47. The third-order valence-electron chi connectivity index (χ3n) is 5.37. The van der Waals surface area contributed by atoms with Crippen LogP contribution in [-0.4, -0.2) is 52.4 Å². The van der Waals surface area contributed by atoms with E-state index < -0.39 is 0 Å². The number of aromatic nitrogens is 1. The topological polar surface area (TPSA) is 74.7 Å². The van der Waals surface area contributed by atoms with Gasteiger partial charge in [0.1, 0.15) is 10.9 Å². The van der Waals surface area contributed by atoms with Gasteiger partial charge in [0.15, 0.2) is 6.23 Å². The molecule has 1 saturated heterocycles. The van der Waals surface area contributed by atoms with Gasteiger partial charge in [-0.3, -0.25) is 4.79 Å². The second kappa shape index (κ2) is 7.09. The van der Waals surface area contributed by atoms with Crippen molar-refractivity contribution in [3.05, 3.63) is 23.5 Å². The minimum Gasteiger partial charge on any atom is -0.469 e. The van der Waals surface area contributed by atoms with Crippen LogP contribution in [0.3, 0.4) is 0 Å². The summed E-state index contributed by atoms with van der Waals surface area (Å²) in [7, 11) is 0. The van der Waals surface area contributed by atoms with Gasteiger partial charge in [-0.2, -0.15) is 0 Å². The average molecular weight is 366 g/mol. The first-order valence-corrected chi connectivity index (χ1v) is 9.49. The first-order valence-electron chi connectivity index (χ1n) is 9.11.